The normalized spacial score (nSPS) is 21.1. The van der Waals surface area contributed by atoms with Crippen LogP contribution in [-0.2, 0) is 66.1 Å². The van der Waals surface area contributed by atoms with Gasteiger partial charge in [-0.25, -0.2) is 0 Å². The summed E-state index contributed by atoms with van der Waals surface area (Å²) in [5.74, 6) is -7.79. The molecule has 25 nitrogen and oxygen atoms in total. The Morgan fingerprint density at radius 2 is 1.26 bits per heavy atom. The summed E-state index contributed by atoms with van der Waals surface area (Å²) in [4.78, 5) is 55.3. The van der Waals surface area contributed by atoms with Gasteiger partial charge in [0.25, 0.3) is 46.4 Å². The lowest BCUT2D eigenvalue weighted by Crippen LogP contribution is -2.65. The first-order valence-electron chi connectivity index (χ1n) is 17.3. The minimum Gasteiger partial charge on any atom is -0.508 e. The van der Waals surface area contributed by atoms with Gasteiger partial charge in [0.1, 0.15) is 22.8 Å². The molecule has 356 valence electrons. The largest absolute Gasteiger partial charge is 0.508 e. The van der Waals surface area contributed by atoms with Gasteiger partial charge in [-0.15, -0.1) is 0 Å². The molecule has 0 heterocycles. The Balaban J connectivity index is 0.00000154. The van der Waals surface area contributed by atoms with E-state index in [0.717, 1.165) is 0 Å². The van der Waals surface area contributed by atoms with Crippen molar-refractivity contribution in [3.05, 3.63) is 34.1 Å². The lowest BCUT2D eigenvalue weighted by molar-refractivity contribution is -0.153. The SMILES string of the molecule is CN(C)c1cc(NC(=O)CNC(C)(C)C)c(O)c2c1C[C@H]1C[C@H]3[C@H](N(C)C)C(=O)C(C(N)=O)=C(O)[C@@]3(O)C(=O)C1=C2O.CS(=O)(=O)O.CS(=O)(=O)O.CS(=O)(=O)O.CS(=O)(=O)O. The number of aliphatic hydroxyl groups is 3. The number of anilines is 2. The van der Waals surface area contributed by atoms with Crippen LogP contribution in [0.2, 0.25) is 0 Å². The first-order chi connectivity index (χ1) is 27.3. The number of carbonyl (C=O) groups excluding carboxylic acids is 4. The summed E-state index contributed by atoms with van der Waals surface area (Å²) < 4.78 is 103. The molecule has 29 heteroatoms. The summed E-state index contributed by atoms with van der Waals surface area (Å²) in [5, 5.41) is 51.3. The fraction of sp³-hybridized carbons (Fsp3) is 0.576. The number of aromatic hydroxyl groups is 1. The molecule has 0 aliphatic heterocycles. The second kappa shape index (κ2) is 20.9. The summed E-state index contributed by atoms with van der Waals surface area (Å²) in [6.07, 6.45) is 2.98. The van der Waals surface area contributed by atoms with E-state index in [4.69, 9.17) is 23.9 Å². The molecule has 1 aromatic carbocycles. The van der Waals surface area contributed by atoms with Crippen LogP contribution in [0.5, 0.6) is 5.75 Å². The highest BCUT2D eigenvalue weighted by Crippen LogP contribution is 2.54. The van der Waals surface area contributed by atoms with Gasteiger partial charge in [0.2, 0.25) is 11.7 Å². The number of nitrogens with two attached hydrogens (primary N) is 1. The number of nitrogens with zero attached hydrogens (tertiary/aromatic N) is 2. The predicted molar refractivity (Wildman–Crippen MR) is 225 cm³/mol. The number of nitrogens with one attached hydrogen (secondary N) is 2. The molecule has 0 radical (unpaired) electrons. The number of hydrogen-bond acceptors (Lipinski definition) is 19. The number of likely N-dealkylation sites (N-methyl/N-ethyl adjacent to an activating group) is 1. The Morgan fingerprint density at radius 1 is 0.839 bits per heavy atom. The molecule has 1 fully saturated rings. The average Bonchev–Trinajstić information content (AvgIpc) is 2.99. The van der Waals surface area contributed by atoms with Gasteiger partial charge in [0.05, 0.1) is 48.9 Å². The molecule has 2 amide bonds. The smallest absolute Gasteiger partial charge is 0.261 e. The van der Waals surface area contributed by atoms with Gasteiger partial charge in [0, 0.05) is 36.8 Å². The number of Topliss-reactive ketones (excluding diaryl/α,β-unsaturated/α-hetero) is 2. The maximum atomic E-state index is 14.0. The number of rotatable bonds is 6. The van der Waals surface area contributed by atoms with E-state index in [-0.39, 0.29) is 41.7 Å². The summed E-state index contributed by atoms with van der Waals surface area (Å²) in [7, 11) is -8.09. The van der Waals surface area contributed by atoms with E-state index in [1.807, 2.05) is 20.8 Å². The summed E-state index contributed by atoms with van der Waals surface area (Å²) >= 11 is 0. The molecule has 3 aliphatic rings. The number of primary amides is 1. The van der Waals surface area contributed by atoms with Crippen molar-refractivity contribution in [3.8, 4) is 5.75 Å². The molecule has 0 unspecified atom stereocenters. The molecule has 0 bridgehead atoms. The molecule has 4 rings (SSSR count). The standard InChI is InChI=1S/C29H39N5O8.4CH4O3S/c1-28(2,3)31-11-17(35)32-15-10-16(33(4)5)13-8-12-9-14-21(34(6)7)24(38)20(27(30)41)26(40)29(14,42)25(39)18(12)23(37)19(13)22(15)36;4*1-5(2,3)4/h10,12,14,21,31,36-37,40,42H,8-9,11H2,1-7H3,(H2,30,41)(H,32,35);4*1H3,(H,2,3,4)/t12-,14-,21-,29-;;;;/m0..../s1. The summed E-state index contributed by atoms with van der Waals surface area (Å²) in [6.45, 7) is 5.62. The van der Waals surface area contributed by atoms with Gasteiger partial charge in [-0.1, -0.05) is 0 Å². The quantitative estimate of drug-likeness (QED) is 0.0866. The van der Waals surface area contributed by atoms with Gasteiger partial charge in [0.15, 0.2) is 11.4 Å². The molecule has 1 saturated carbocycles. The first kappa shape index (κ1) is 57.7. The number of phenolic OH excluding ortho intramolecular Hbond substituents is 1. The van der Waals surface area contributed by atoms with E-state index in [9.17, 15) is 73.3 Å². The van der Waals surface area contributed by atoms with Crippen LogP contribution in [0.4, 0.5) is 11.4 Å². The minimum absolute atomic E-state index is 0.00158. The van der Waals surface area contributed by atoms with Crippen LogP contribution in [0.25, 0.3) is 5.76 Å². The van der Waals surface area contributed by atoms with Gasteiger partial charge in [-0.2, -0.15) is 33.7 Å². The maximum Gasteiger partial charge on any atom is 0.261 e. The number of ketones is 2. The topological polar surface area (TPSA) is 423 Å². The third-order valence-electron chi connectivity index (χ3n) is 8.23. The number of benzene rings is 1. The zero-order valence-corrected chi connectivity index (χ0v) is 38.8. The van der Waals surface area contributed by atoms with Gasteiger partial charge >= 0.3 is 0 Å². The molecule has 0 saturated heterocycles. The van der Waals surface area contributed by atoms with Gasteiger partial charge < -0.3 is 41.7 Å². The van der Waals surface area contributed by atoms with Crippen LogP contribution in [0, 0.1) is 11.8 Å². The Bertz CT molecular complexity index is 2270. The molecular formula is C33H55N5O20S4. The maximum absolute atomic E-state index is 14.0. The summed E-state index contributed by atoms with van der Waals surface area (Å²) in [5.41, 5.74) is 2.11. The van der Waals surface area contributed by atoms with E-state index >= 15 is 0 Å². The second-order valence-corrected chi connectivity index (χ2v) is 21.4. The average molecular weight is 970 g/mol. The Kier molecular flexibility index (Phi) is 19.5. The van der Waals surface area contributed by atoms with Crippen molar-refractivity contribution in [2.45, 2.75) is 50.8 Å². The fourth-order valence-corrected chi connectivity index (χ4v) is 6.33. The monoisotopic (exact) mass is 969 g/mol. The van der Waals surface area contributed by atoms with Crippen molar-refractivity contribution in [1.82, 2.24) is 10.2 Å². The second-order valence-electron chi connectivity index (χ2n) is 15.6. The lowest BCUT2D eigenvalue weighted by Gasteiger charge is -2.50. The van der Waals surface area contributed by atoms with E-state index in [0.29, 0.717) is 36.3 Å². The Labute approximate surface area is 359 Å². The van der Waals surface area contributed by atoms with E-state index in [1.54, 1.807) is 39.2 Å². The predicted octanol–water partition coefficient (Wildman–Crippen LogP) is -1.63. The van der Waals surface area contributed by atoms with Crippen LogP contribution < -0.4 is 21.3 Å². The van der Waals surface area contributed by atoms with Crippen molar-refractivity contribution in [2.75, 3.05) is 70.0 Å². The van der Waals surface area contributed by atoms with Crippen LogP contribution in [0.3, 0.4) is 0 Å². The highest BCUT2D eigenvalue weighted by Gasteiger charge is 2.64. The highest BCUT2D eigenvalue weighted by atomic mass is 32.2. The number of amides is 2. The van der Waals surface area contributed by atoms with Crippen molar-refractivity contribution in [1.29, 1.82) is 0 Å². The van der Waals surface area contributed by atoms with Gasteiger partial charge in [-0.05, 0) is 65.3 Å². The third kappa shape index (κ3) is 18.2. The number of hydrogen-bond donors (Lipinski definition) is 11. The fourth-order valence-electron chi connectivity index (χ4n) is 6.33. The molecule has 4 atom stereocenters. The highest BCUT2D eigenvalue weighted by molar-refractivity contribution is 7.85. The number of carbonyl (C=O) groups is 4. The van der Waals surface area contributed by atoms with Crippen molar-refractivity contribution in [2.24, 2.45) is 17.6 Å². The van der Waals surface area contributed by atoms with Crippen LogP contribution >= 0.6 is 0 Å². The van der Waals surface area contributed by atoms with E-state index < -0.39 is 110 Å². The van der Waals surface area contributed by atoms with Crippen LogP contribution in [0.15, 0.2) is 23.0 Å². The Morgan fingerprint density at radius 3 is 1.61 bits per heavy atom. The molecular weight excluding hydrogens is 915 g/mol. The van der Waals surface area contributed by atoms with Crippen LogP contribution in [-0.4, -0.2) is 178 Å². The van der Waals surface area contributed by atoms with Crippen LogP contribution in [0.1, 0.15) is 38.3 Å². The molecule has 12 N–H and O–H groups in total. The first-order valence-corrected chi connectivity index (χ1v) is 24.7. The number of phenols is 1. The van der Waals surface area contributed by atoms with Crippen molar-refractivity contribution < 1.29 is 91.5 Å². The third-order valence-corrected chi connectivity index (χ3v) is 8.23. The number of fused-ring (bicyclic) bond motifs is 3. The number of aliphatic hydroxyl groups excluding tert-OH is 2. The van der Waals surface area contributed by atoms with Crippen molar-refractivity contribution >= 4 is 81.0 Å². The van der Waals surface area contributed by atoms with E-state index in [2.05, 4.69) is 10.6 Å². The minimum atomic E-state index is -3.67. The summed E-state index contributed by atoms with van der Waals surface area (Å²) in [6, 6.07) is 0.409. The molecule has 0 spiro atoms. The molecule has 1 aromatic rings. The lowest BCUT2D eigenvalue weighted by atomic mass is 9.57. The van der Waals surface area contributed by atoms with E-state index in [1.165, 1.54) is 4.90 Å². The van der Waals surface area contributed by atoms with Gasteiger partial charge in [-0.3, -0.25) is 42.3 Å². The zero-order chi connectivity index (χ0) is 49.6. The molecule has 62 heavy (non-hydrogen) atoms. The Hall–Kier alpha value is -4.30. The zero-order valence-electron chi connectivity index (χ0n) is 35.5. The molecule has 3 aliphatic carbocycles. The van der Waals surface area contributed by atoms with Crippen molar-refractivity contribution in [3.63, 3.8) is 0 Å². The molecule has 0 aromatic heterocycles.